The monoisotopic (exact) mass is 212 g/mol. The lowest BCUT2D eigenvalue weighted by molar-refractivity contribution is 0.0934. The second-order valence-electron chi connectivity index (χ2n) is 3.51. The minimum atomic E-state index is -0.296. The van der Waals surface area contributed by atoms with E-state index in [1.807, 2.05) is 14.0 Å². The highest BCUT2D eigenvalue weighted by Gasteiger charge is 2.12. The smallest absolute Gasteiger partial charge is 0.292 e. The average molecular weight is 212 g/mol. The maximum Gasteiger partial charge on any atom is 0.292 e. The Morgan fingerprint density at radius 2 is 2.27 bits per heavy atom. The van der Waals surface area contributed by atoms with Crippen molar-refractivity contribution in [3.8, 4) is 0 Å². The van der Waals surface area contributed by atoms with Crippen molar-refractivity contribution in [2.24, 2.45) is 5.92 Å². The zero-order valence-corrected chi connectivity index (χ0v) is 9.20. The summed E-state index contributed by atoms with van der Waals surface area (Å²) < 4.78 is 4.71. The Morgan fingerprint density at radius 1 is 1.53 bits per heavy atom. The highest BCUT2D eigenvalue weighted by Crippen LogP contribution is 1.95. The summed E-state index contributed by atoms with van der Waals surface area (Å²) in [6.45, 7) is 5.13. The molecule has 1 unspecified atom stereocenters. The highest BCUT2D eigenvalue weighted by atomic mass is 16.5. The Kier molecular flexibility index (Phi) is 4.23. The van der Waals surface area contributed by atoms with Crippen molar-refractivity contribution in [1.82, 2.24) is 20.8 Å². The largest absolute Gasteiger partial charge is 0.349 e. The van der Waals surface area contributed by atoms with Gasteiger partial charge in [-0.25, -0.2) is 0 Å². The highest BCUT2D eigenvalue weighted by molar-refractivity contribution is 5.90. The van der Waals surface area contributed by atoms with Crippen molar-refractivity contribution >= 4 is 5.91 Å². The van der Waals surface area contributed by atoms with Crippen LogP contribution in [-0.2, 0) is 0 Å². The minimum absolute atomic E-state index is 0.0872. The van der Waals surface area contributed by atoms with Crippen LogP contribution in [0.2, 0.25) is 0 Å². The van der Waals surface area contributed by atoms with Gasteiger partial charge in [-0.05, 0) is 19.5 Å². The first-order chi connectivity index (χ1) is 7.13. The number of nitrogens with one attached hydrogen (secondary N) is 2. The molecule has 0 saturated carbocycles. The second-order valence-corrected chi connectivity index (χ2v) is 3.51. The van der Waals surface area contributed by atoms with Crippen molar-refractivity contribution in [1.29, 1.82) is 0 Å². The van der Waals surface area contributed by atoms with Crippen LogP contribution in [0.25, 0.3) is 0 Å². The Labute approximate surface area is 88.4 Å². The van der Waals surface area contributed by atoms with Crippen LogP contribution in [0.15, 0.2) is 4.52 Å². The molecule has 15 heavy (non-hydrogen) atoms. The number of rotatable bonds is 5. The fourth-order valence-electron chi connectivity index (χ4n) is 1.16. The predicted molar refractivity (Wildman–Crippen MR) is 54.5 cm³/mol. The lowest BCUT2D eigenvalue weighted by atomic mass is 10.2. The molecule has 0 bridgehead atoms. The number of aryl methyl sites for hydroxylation is 1. The molecule has 0 saturated heterocycles. The van der Waals surface area contributed by atoms with Crippen molar-refractivity contribution in [2.75, 3.05) is 20.1 Å². The van der Waals surface area contributed by atoms with Crippen LogP contribution >= 0.6 is 0 Å². The molecule has 2 N–H and O–H groups in total. The molecule has 1 rings (SSSR count). The van der Waals surface area contributed by atoms with Crippen LogP contribution in [0, 0.1) is 12.8 Å². The minimum Gasteiger partial charge on any atom is -0.349 e. The van der Waals surface area contributed by atoms with E-state index in [9.17, 15) is 4.79 Å². The normalized spacial score (nSPS) is 12.5. The van der Waals surface area contributed by atoms with Crippen molar-refractivity contribution < 1.29 is 9.32 Å². The molecule has 0 spiro atoms. The van der Waals surface area contributed by atoms with Gasteiger partial charge in [-0.15, -0.1) is 0 Å². The summed E-state index contributed by atoms with van der Waals surface area (Å²) in [5.41, 5.74) is 0. The number of amides is 1. The zero-order chi connectivity index (χ0) is 11.3. The van der Waals surface area contributed by atoms with E-state index in [0.717, 1.165) is 6.54 Å². The number of aromatic nitrogens is 2. The molecular formula is C9H16N4O2. The SMILES string of the molecule is CNCC(C)CNC(=O)c1noc(C)n1. The van der Waals surface area contributed by atoms with Crippen LogP contribution in [0.5, 0.6) is 0 Å². The Bertz CT molecular complexity index is 324. The summed E-state index contributed by atoms with van der Waals surface area (Å²) in [5.74, 6) is 0.550. The van der Waals surface area contributed by atoms with Gasteiger partial charge in [0.25, 0.3) is 11.7 Å². The summed E-state index contributed by atoms with van der Waals surface area (Å²) in [6, 6.07) is 0. The van der Waals surface area contributed by atoms with Crippen LogP contribution in [0.1, 0.15) is 23.4 Å². The van der Waals surface area contributed by atoms with E-state index < -0.39 is 0 Å². The molecule has 0 aliphatic heterocycles. The van der Waals surface area contributed by atoms with E-state index in [-0.39, 0.29) is 11.7 Å². The van der Waals surface area contributed by atoms with Gasteiger partial charge in [0.05, 0.1) is 0 Å². The van der Waals surface area contributed by atoms with Gasteiger partial charge < -0.3 is 15.2 Å². The van der Waals surface area contributed by atoms with E-state index in [0.29, 0.717) is 18.4 Å². The van der Waals surface area contributed by atoms with E-state index >= 15 is 0 Å². The van der Waals surface area contributed by atoms with E-state index in [1.165, 1.54) is 0 Å². The molecule has 0 fully saturated rings. The standard InChI is InChI=1S/C9H16N4O2/c1-6(4-10-3)5-11-9(14)8-12-7(2)15-13-8/h6,10H,4-5H2,1-3H3,(H,11,14). The Hall–Kier alpha value is -1.43. The first-order valence-corrected chi connectivity index (χ1v) is 4.86. The predicted octanol–water partition coefficient (Wildman–Crippen LogP) is -0.0367. The summed E-state index contributed by atoms with van der Waals surface area (Å²) in [6.07, 6.45) is 0. The molecule has 1 heterocycles. The van der Waals surface area contributed by atoms with Gasteiger partial charge in [0, 0.05) is 13.5 Å². The number of hydrogen-bond acceptors (Lipinski definition) is 5. The fourth-order valence-corrected chi connectivity index (χ4v) is 1.16. The molecule has 1 amide bonds. The van der Waals surface area contributed by atoms with Crippen molar-refractivity contribution in [3.63, 3.8) is 0 Å². The van der Waals surface area contributed by atoms with E-state index in [4.69, 9.17) is 4.52 Å². The number of nitrogens with zero attached hydrogens (tertiary/aromatic N) is 2. The topological polar surface area (TPSA) is 80.0 Å². The quantitative estimate of drug-likeness (QED) is 0.716. The molecule has 0 radical (unpaired) electrons. The van der Waals surface area contributed by atoms with Gasteiger partial charge >= 0.3 is 0 Å². The molecular weight excluding hydrogens is 196 g/mol. The molecule has 6 heteroatoms. The molecule has 1 atom stereocenters. The first kappa shape index (κ1) is 11.6. The van der Waals surface area contributed by atoms with Gasteiger partial charge in [-0.2, -0.15) is 4.98 Å². The number of carbonyl (C=O) groups excluding carboxylic acids is 1. The van der Waals surface area contributed by atoms with Gasteiger partial charge in [-0.1, -0.05) is 12.1 Å². The van der Waals surface area contributed by atoms with Gasteiger partial charge in [0.2, 0.25) is 5.89 Å². The molecule has 6 nitrogen and oxygen atoms in total. The molecule has 84 valence electrons. The molecule has 0 aliphatic carbocycles. The van der Waals surface area contributed by atoms with Crippen LogP contribution in [-0.4, -0.2) is 36.2 Å². The fraction of sp³-hybridized carbons (Fsp3) is 0.667. The zero-order valence-electron chi connectivity index (χ0n) is 9.20. The Morgan fingerprint density at radius 3 is 2.80 bits per heavy atom. The number of hydrogen-bond donors (Lipinski definition) is 2. The summed E-state index contributed by atoms with van der Waals surface area (Å²) in [4.78, 5) is 15.3. The lowest BCUT2D eigenvalue weighted by Gasteiger charge is -2.10. The molecule has 1 aromatic rings. The molecule has 0 aromatic carbocycles. The third kappa shape index (κ3) is 3.67. The van der Waals surface area contributed by atoms with Gasteiger partial charge in [0.1, 0.15) is 0 Å². The molecule has 1 aromatic heterocycles. The maximum atomic E-state index is 11.5. The van der Waals surface area contributed by atoms with E-state index in [1.54, 1.807) is 6.92 Å². The summed E-state index contributed by atoms with van der Waals surface area (Å²) in [7, 11) is 1.88. The van der Waals surface area contributed by atoms with Crippen molar-refractivity contribution in [2.45, 2.75) is 13.8 Å². The third-order valence-corrected chi connectivity index (χ3v) is 1.89. The van der Waals surface area contributed by atoms with Crippen LogP contribution in [0.4, 0.5) is 0 Å². The Balaban J connectivity index is 2.36. The lowest BCUT2D eigenvalue weighted by Crippen LogP contribution is -2.32. The maximum absolute atomic E-state index is 11.5. The summed E-state index contributed by atoms with van der Waals surface area (Å²) in [5, 5.41) is 9.29. The van der Waals surface area contributed by atoms with Gasteiger partial charge in [0.15, 0.2) is 0 Å². The van der Waals surface area contributed by atoms with Crippen LogP contribution < -0.4 is 10.6 Å². The number of carbonyl (C=O) groups is 1. The van der Waals surface area contributed by atoms with Crippen LogP contribution in [0.3, 0.4) is 0 Å². The summed E-state index contributed by atoms with van der Waals surface area (Å²) >= 11 is 0. The molecule has 0 aliphatic rings. The second kappa shape index (κ2) is 5.45. The van der Waals surface area contributed by atoms with Gasteiger partial charge in [-0.3, -0.25) is 4.79 Å². The first-order valence-electron chi connectivity index (χ1n) is 4.86. The van der Waals surface area contributed by atoms with E-state index in [2.05, 4.69) is 20.8 Å². The third-order valence-electron chi connectivity index (χ3n) is 1.89. The van der Waals surface area contributed by atoms with Crippen molar-refractivity contribution in [3.05, 3.63) is 11.7 Å². The average Bonchev–Trinajstić information content (AvgIpc) is 2.62.